The van der Waals surface area contributed by atoms with Gasteiger partial charge in [-0.1, -0.05) is 29.3 Å². The van der Waals surface area contributed by atoms with Crippen LogP contribution >= 0.6 is 23.4 Å². The number of thioether (sulfide) groups is 1. The Labute approximate surface area is 152 Å². The van der Waals surface area contributed by atoms with Crippen molar-refractivity contribution in [1.82, 2.24) is 0 Å². The van der Waals surface area contributed by atoms with E-state index < -0.39 is 12.1 Å². The van der Waals surface area contributed by atoms with Gasteiger partial charge in [0.15, 0.2) is 6.10 Å². The molecule has 0 amide bonds. The summed E-state index contributed by atoms with van der Waals surface area (Å²) in [5, 5.41) is 10.0. The normalized spacial score (nSPS) is 11.9. The first-order valence-electron chi connectivity index (χ1n) is 7.89. The fourth-order valence-corrected chi connectivity index (χ4v) is 3.21. The van der Waals surface area contributed by atoms with Crippen LogP contribution < -0.4 is 4.74 Å². The van der Waals surface area contributed by atoms with Gasteiger partial charge in [0.1, 0.15) is 5.75 Å². The summed E-state index contributed by atoms with van der Waals surface area (Å²) >= 11 is 7.60. The quantitative estimate of drug-likeness (QED) is 0.475. The molecule has 5 heteroatoms. The molecule has 2 aromatic rings. The van der Waals surface area contributed by atoms with Crippen LogP contribution in [0.1, 0.15) is 24.8 Å². The fourth-order valence-electron chi connectivity index (χ4n) is 2.17. The van der Waals surface area contributed by atoms with Crippen molar-refractivity contribution in [3.8, 4) is 5.75 Å². The van der Waals surface area contributed by atoms with Gasteiger partial charge >= 0.3 is 5.97 Å². The lowest BCUT2D eigenvalue weighted by molar-refractivity contribution is -0.145. The van der Waals surface area contributed by atoms with E-state index in [1.165, 1.54) is 4.90 Å². The summed E-state index contributed by atoms with van der Waals surface area (Å²) < 4.78 is 5.59. The Hall–Kier alpha value is -1.65. The van der Waals surface area contributed by atoms with Gasteiger partial charge in [-0.25, -0.2) is 4.79 Å². The van der Waals surface area contributed by atoms with Crippen molar-refractivity contribution in [2.24, 2.45) is 0 Å². The Morgan fingerprint density at radius 2 is 1.79 bits per heavy atom. The molecule has 128 valence electrons. The second-order valence-corrected chi connectivity index (χ2v) is 7.16. The van der Waals surface area contributed by atoms with Gasteiger partial charge in [0.2, 0.25) is 0 Å². The molecule has 0 saturated carbocycles. The lowest BCUT2D eigenvalue weighted by Gasteiger charge is -2.15. The minimum absolute atomic E-state index is 0.504. The predicted octanol–water partition coefficient (Wildman–Crippen LogP) is 5.44. The number of hydrogen-bond acceptors (Lipinski definition) is 3. The van der Waals surface area contributed by atoms with Crippen LogP contribution in [0.2, 0.25) is 5.02 Å². The van der Waals surface area contributed by atoms with Crippen molar-refractivity contribution in [1.29, 1.82) is 0 Å². The van der Waals surface area contributed by atoms with Crippen molar-refractivity contribution in [3.05, 3.63) is 59.1 Å². The number of halogens is 1. The van der Waals surface area contributed by atoms with Gasteiger partial charge in [0, 0.05) is 9.92 Å². The molecule has 0 saturated heterocycles. The van der Waals surface area contributed by atoms with Crippen LogP contribution in [0.3, 0.4) is 0 Å². The third kappa shape index (κ3) is 6.46. The number of carbonyl (C=O) groups is 1. The maximum absolute atomic E-state index is 11.3. The highest BCUT2D eigenvalue weighted by Crippen LogP contribution is 2.22. The first-order chi connectivity index (χ1) is 11.5. The lowest BCUT2D eigenvalue weighted by atomic mass is 10.1. The summed E-state index contributed by atoms with van der Waals surface area (Å²) in [6, 6.07) is 15.2. The fraction of sp³-hybridized carbons (Fsp3) is 0.316. The van der Waals surface area contributed by atoms with Gasteiger partial charge < -0.3 is 9.84 Å². The van der Waals surface area contributed by atoms with Crippen LogP contribution in [-0.4, -0.2) is 22.9 Å². The molecular weight excluding hydrogens is 344 g/mol. The van der Waals surface area contributed by atoms with Crippen LogP contribution in [-0.2, 0) is 4.79 Å². The van der Waals surface area contributed by atoms with E-state index in [1.807, 2.05) is 55.5 Å². The molecule has 0 spiro atoms. The van der Waals surface area contributed by atoms with Gasteiger partial charge in [-0.2, -0.15) is 0 Å². The highest BCUT2D eigenvalue weighted by molar-refractivity contribution is 7.99. The summed E-state index contributed by atoms with van der Waals surface area (Å²) in [4.78, 5) is 12.5. The summed E-state index contributed by atoms with van der Waals surface area (Å²) in [6.07, 6.45) is 1.45. The third-order valence-electron chi connectivity index (χ3n) is 3.52. The molecule has 1 unspecified atom stereocenters. The van der Waals surface area contributed by atoms with Gasteiger partial charge in [0.25, 0.3) is 0 Å². The zero-order valence-corrected chi connectivity index (χ0v) is 15.1. The first-order valence-corrected chi connectivity index (χ1v) is 9.25. The molecule has 0 radical (unpaired) electrons. The molecule has 3 nitrogen and oxygen atoms in total. The third-order valence-corrected chi connectivity index (χ3v) is 4.87. The first kappa shape index (κ1) is 18.7. The SMILES string of the molecule is Cc1ccc(OC(CCCCSc2ccc(Cl)cc2)C(=O)O)cc1. The Bertz CT molecular complexity index is 641. The predicted molar refractivity (Wildman–Crippen MR) is 99.3 cm³/mol. The molecule has 0 fully saturated rings. The topological polar surface area (TPSA) is 46.5 Å². The molecule has 24 heavy (non-hydrogen) atoms. The molecule has 0 aliphatic heterocycles. The highest BCUT2D eigenvalue weighted by atomic mass is 35.5. The molecule has 1 N–H and O–H groups in total. The number of carboxylic acids is 1. The number of ether oxygens (including phenoxy) is 1. The van der Waals surface area contributed by atoms with Gasteiger partial charge in [-0.05, 0) is 68.3 Å². The van der Waals surface area contributed by atoms with Gasteiger partial charge in [-0.15, -0.1) is 11.8 Å². The van der Waals surface area contributed by atoms with Gasteiger partial charge in [-0.3, -0.25) is 0 Å². The number of aryl methyl sites for hydroxylation is 1. The molecule has 1 atom stereocenters. The van der Waals surface area contributed by atoms with E-state index in [0.29, 0.717) is 12.2 Å². The molecule has 0 bridgehead atoms. The smallest absolute Gasteiger partial charge is 0.344 e. The molecule has 0 heterocycles. The zero-order chi connectivity index (χ0) is 17.4. The Balaban J connectivity index is 1.72. The minimum Gasteiger partial charge on any atom is -0.479 e. The average molecular weight is 365 g/mol. The second kappa shape index (κ2) is 9.60. The second-order valence-electron chi connectivity index (χ2n) is 5.56. The standard InChI is InChI=1S/C19H21ClO3S/c1-14-5-9-16(10-6-14)23-18(19(21)22)4-2-3-13-24-17-11-7-15(20)8-12-17/h5-12,18H,2-4,13H2,1H3,(H,21,22). The van der Waals surface area contributed by atoms with E-state index in [0.717, 1.165) is 29.2 Å². The van der Waals surface area contributed by atoms with Crippen molar-refractivity contribution < 1.29 is 14.6 Å². The number of hydrogen-bond donors (Lipinski definition) is 1. The molecule has 2 rings (SSSR count). The molecule has 0 aliphatic rings. The van der Waals surface area contributed by atoms with E-state index in [9.17, 15) is 9.90 Å². The van der Waals surface area contributed by atoms with Crippen molar-refractivity contribution in [2.45, 2.75) is 37.2 Å². The van der Waals surface area contributed by atoms with E-state index in [2.05, 4.69) is 0 Å². The van der Waals surface area contributed by atoms with Crippen LogP contribution in [0, 0.1) is 6.92 Å². The Kier molecular flexibility index (Phi) is 7.47. The molecule has 0 aliphatic carbocycles. The van der Waals surface area contributed by atoms with Crippen LogP contribution in [0.25, 0.3) is 0 Å². The van der Waals surface area contributed by atoms with E-state index in [4.69, 9.17) is 16.3 Å². The maximum Gasteiger partial charge on any atom is 0.344 e. The molecular formula is C19H21ClO3S. The van der Waals surface area contributed by atoms with E-state index in [1.54, 1.807) is 11.8 Å². The number of unbranched alkanes of at least 4 members (excludes halogenated alkanes) is 1. The zero-order valence-electron chi connectivity index (χ0n) is 13.6. The number of aliphatic carboxylic acids is 1. The number of rotatable bonds is 9. The highest BCUT2D eigenvalue weighted by Gasteiger charge is 2.18. The Morgan fingerprint density at radius 1 is 1.12 bits per heavy atom. The van der Waals surface area contributed by atoms with Gasteiger partial charge in [0.05, 0.1) is 0 Å². The molecule has 0 aromatic heterocycles. The monoisotopic (exact) mass is 364 g/mol. The van der Waals surface area contributed by atoms with E-state index in [-0.39, 0.29) is 0 Å². The maximum atomic E-state index is 11.3. The molecule has 2 aromatic carbocycles. The largest absolute Gasteiger partial charge is 0.479 e. The van der Waals surface area contributed by atoms with Crippen LogP contribution in [0.4, 0.5) is 0 Å². The van der Waals surface area contributed by atoms with Crippen LogP contribution in [0.5, 0.6) is 5.75 Å². The summed E-state index contributed by atoms with van der Waals surface area (Å²) in [5.41, 5.74) is 1.12. The summed E-state index contributed by atoms with van der Waals surface area (Å²) in [6.45, 7) is 1.98. The minimum atomic E-state index is -0.916. The summed E-state index contributed by atoms with van der Waals surface area (Å²) in [7, 11) is 0. The van der Waals surface area contributed by atoms with Crippen LogP contribution in [0.15, 0.2) is 53.4 Å². The van der Waals surface area contributed by atoms with Crippen molar-refractivity contribution in [2.75, 3.05) is 5.75 Å². The van der Waals surface area contributed by atoms with E-state index >= 15 is 0 Å². The number of carboxylic acid groups (broad SMARTS) is 1. The average Bonchev–Trinajstić information content (AvgIpc) is 2.57. The number of benzene rings is 2. The van der Waals surface area contributed by atoms with Crippen molar-refractivity contribution >= 4 is 29.3 Å². The Morgan fingerprint density at radius 3 is 2.42 bits per heavy atom. The summed E-state index contributed by atoms with van der Waals surface area (Å²) in [5.74, 6) is 0.628. The lowest BCUT2D eigenvalue weighted by Crippen LogP contribution is -2.26. The van der Waals surface area contributed by atoms with Crippen molar-refractivity contribution in [3.63, 3.8) is 0 Å².